The summed E-state index contributed by atoms with van der Waals surface area (Å²) in [6.45, 7) is 0.471. The van der Waals surface area contributed by atoms with Crippen molar-refractivity contribution in [2.24, 2.45) is 0 Å². The Balaban J connectivity index is 1.44. The van der Waals surface area contributed by atoms with Gasteiger partial charge in [0, 0.05) is 24.8 Å². The molecular weight excluding hydrogens is 456 g/mol. The predicted molar refractivity (Wildman–Crippen MR) is 113 cm³/mol. The number of imide groups is 1. The number of hydrogen-bond acceptors (Lipinski definition) is 8. The number of ether oxygens (including phenoxy) is 1. The van der Waals surface area contributed by atoms with E-state index < -0.39 is 44.9 Å². The van der Waals surface area contributed by atoms with E-state index in [0.717, 1.165) is 6.07 Å². The summed E-state index contributed by atoms with van der Waals surface area (Å²) < 4.78 is 31.8. The Morgan fingerprint density at radius 3 is 2.36 bits per heavy atom. The number of amides is 3. The second-order valence-corrected chi connectivity index (χ2v) is 9.18. The van der Waals surface area contributed by atoms with Crippen LogP contribution in [0.25, 0.3) is 0 Å². The molecule has 1 saturated heterocycles. The maximum atomic E-state index is 12.7. The number of rotatable bonds is 6. The molecule has 13 heteroatoms. The molecule has 2 heterocycles. The summed E-state index contributed by atoms with van der Waals surface area (Å²) in [7, 11) is -3.69. The molecule has 0 aromatic heterocycles. The quantitative estimate of drug-likeness (QED) is 0.367. The zero-order chi connectivity index (χ0) is 23.8. The van der Waals surface area contributed by atoms with Gasteiger partial charge in [-0.2, -0.15) is 4.31 Å². The van der Waals surface area contributed by atoms with Crippen LogP contribution in [0, 0.1) is 10.1 Å². The third-order valence-electron chi connectivity index (χ3n) is 5.22. The lowest BCUT2D eigenvalue weighted by Crippen LogP contribution is -2.40. The van der Waals surface area contributed by atoms with Crippen molar-refractivity contribution in [2.75, 3.05) is 38.2 Å². The van der Waals surface area contributed by atoms with Crippen molar-refractivity contribution in [3.05, 3.63) is 63.7 Å². The molecule has 33 heavy (non-hydrogen) atoms. The van der Waals surface area contributed by atoms with Crippen LogP contribution in [0.1, 0.15) is 20.7 Å². The molecule has 1 fully saturated rings. The summed E-state index contributed by atoms with van der Waals surface area (Å²) in [5, 5.41) is 13.7. The molecule has 0 bridgehead atoms. The Morgan fingerprint density at radius 2 is 1.73 bits per heavy atom. The molecule has 0 spiro atoms. The maximum absolute atomic E-state index is 12.7. The van der Waals surface area contributed by atoms with Crippen molar-refractivity contribution in [2.45, 2.75) is 4.90 Å². The van der Waals surface area contributed by atoms with E-state index in [2.05, 4.69) is 5.32 Å². The predicted octanol–water partition coefficient (Wildman–Crippen LogP) is 0.850. The summed E-state index contributed by atoms with van der Waals surface area (Å²) in [6.07, 6.45) is 0. The van der Waals surface area contributed by atoms with Crippen molar-refractivity contribution >= 4 is 39.1 Å². The molecule has 0 saturated carbocycles. The lowest BCUT2D eigenvalue weighted by molar-refractivity contribution is -0.385. The number of carbonyl (C=O) groups excluding carboxylic acids is 3. The van der Waals surface area contributed by atoms with E-state index in [-0.39, 0.29) is 34.8 Å². The van der Waals surface area contributed by atoms with E-state index >= 15 is 0 Å². The van der Waals surface area contributed by atoms with Gasteiger partial charge in [0.05, 0.1) is 28.6 Å². The van der Waals surface area contributed by atoms with E-state index in [1.54, 1.807) is 0 Å². The molecule has 3 amide bonds. The molecule has 2 aromatic rings. The van der Waals surface area contributed by atoms with Gasteiger partial charge in [-0.15, -0.1) is 0 Å². The maximum Gasteiger partial charge on any atom is 0.282 e. The number of carbonyl (C=O) groups is 3. The second-order valence-electron chi connectivity index (χ2n) is 7.24. The van der Waals surface area contributed by atoms with Crippen LogP contribution in [-0.4, -0.2) is 73.1 Å². The number of fused-ring (bicyclic) bond motifs is 1. The van der Waals surface area contributed by atoms with Gasteiger partial charge >= 0.3 is 0 Å². The number of nitrogens with one attached hydrogen (secondary N) is 1. The molecule has 4 rings (SSSR count). The van der Waals surface area contributed by atoms with Gasteiger partial charge in [0.1, 0.15) is 12.1 Å². The fourth-order valence-electron chi connectivity index (χ4n) is 3.60. The van der Waals surface area contributed by atoms with Crippen LogP contribution in [-0.2, 0) is 19.6 Å². The molecule has 1 N–H and O–H groups in total. The Labute approximate surface area is 187 Å². The number of nitrogens with zero attached hydrogens (tertiary/aromatic N) is 3. The number of nitro groups is 1. The molecule has 2 aliphatic heterocycles. The van der Waals surface area contributed by atoms with Crippen molar-refractivity contribution in [3.63, 3.8) is 0 Å². The molecule has 2 aromatic carbocycles. The highest BCUT2D eigenvalue weighted by molar-refractivity contribution is 7.89. The first kappa shape index (κ1) is 22.5. The summed E-state index contributed by atoms with van der Waals surface area (Å²) in [4.78, 5) is 48.6. The summed E-state index contributed by atoms with van der Waals surface area (Å²) in [5.74, 6) is -2.46. The van der Waals surface area contributed by atoms with Crippen LogP contribution >= 0.6 is 0 Å². The monoisotopic (exact) mass is 474 g/mol. The second kappa shape index (κ2) is 8.69. The molecule has 0 unspecified atom stereocenters. The van der Waals surface area contributed by atoms with Crippen molar-refractivity contribution in [3.8, 4) is 0 Å². The van der Waals surface area contributed by atoms with Gasteiger partial charge < -0.3 is 10.1 Å². The van der Waals surface area contributed by atoms with E-state index in [0.29, 0.717) is 18.1 Å². The van der Waals surface area contributed by atoms with Gasteiger partial charge in [-0.25, -0.2) is 8.42 Å². The first-order valence-corrected chi connectivity index (χ1v) is 11.3. The fraction of sp³-hybridized carbons (Fsp3) is 0.250. The molecule has 12 nitrogen and oxygen atoms in total. The van der Waals surface area contributed by atoms with E-state index in [4.69, 9.17) is 4.74 Å². The largest absolute Gasteiger partial charge is 0.379 e. The van der Waals surface area contributed by atoms with E-state index in [9.17, 15) is 32.9 Å². The fourth-order valence-corrected chi connectivity index (χ4v) is 5.01. The SMILES string of the molecule is O=C(CN1C(=O)c2cccc([N+](=O)[O-])c2C1=O)Nc1ccc(S(=O)(=O)N2CCOCC2)cc1. The number of sulfonamides is 1. The van der Waals surface area contributed by atoms with Gasteiger partial charge in [-0.1, -0.05) is 6.07 Å². The Hall–Kier alpha value is -3.68. The standard InChI is InChI=1S/C20H18N4O8S/c25-17(12-23-19(26)15-2-1-3-16(24(28)29)18(15)20(23)27)21-13-4-6-14(7-5-13)33(30,31)22-8-10-32-11-9-22/h1-7H,8-12H2,(H,21,25). The van der Waals surface area contributed by atoms with Gasteiger partial charge in [0.2, 0.25) is 15.9 Å². The number of hydrogen-bond donors (Lipinski definition) is 1. The number of benzene rings is 2. The molecule has 0 radical (unpaired) electrons. The highest BCUT2D eigenvalue weighted by atomic mass is 32.2. The minimum absolute atomic E-state index is 0.0510. The van der Waals surface area contributed by atoms with Crippen LogP contribution in [0.5, 0.6) is 0 Å². The van der Waals surface area contributed by atoms with Crippen LogP contribution < -0.4 is 5.32 Å². The first-order chi connectivity index (χ1) is 15.7. The highest BCUT2D eigenvalue weighted by Crippen LogP contribution is 2.30. The van der Waals surface area contributed by atoms with Crippen molar-refractivity contribution in [1.82, 2.24) is 9.21 Å². The normalized spacial score (nSPS) is 16.5. The Morgan fingerprint density at radius 1 is 1.06 bits per heavy atom. The smallest absolute Gasteiger partial charge is 0.282 e. The minimum atomic E-state index is -3.69. The lowest BCUT2D eigenvalue weighted by atomic mass is 10.1. The van der Waals surface area contributed by atoms with Crippen LogP contribution in [0.15, 0.2) is 47.4 Å². The Bertz CT molecular complexity index is 1250. The summed E-state index contributed by atoms with van der Waals surface area (Å²) in [5.41, 5.74) is -0.744. The highest BCUT2D eigenvalue weighted by Gasteiger charge is 2.41. The van der Waals surface area contributed by atoms with E-state index in [1.165, 1.54) is 40.7 Å². The zero-order valence-electron chi connectivity index (χ0n) is 17.1. The number of nitro benzene ring substituents is 1. The number of morpholine rings is 1. The topological polar surface area (TPSA) is 156 Å². The number of anilines is 1. The van der Waals surface area contributed by atoms with Crippen molar-refractivity contribution < 1.29 is 32.5 Å². The molecule has 0 aliphatic carbocycles. The average Bonchev–Trinajstić information content (AvgIpc) is 3.04. The average molecular weight is 474 g/mol. The van der Waals surface area contributed by atoms with Gasteiger partial charge in [0.25, 0.3) is 17.5 Å². The molecule has 2 aliphatic rings. The van der Waals surface area contributed by atoms with Gasteiger partial charge in [-0.3, -0.25) is 29.4 Å². The third-order valence-corrected chi connectivity index (χ3v) is 7.13. The van der Waals surface area contributed by atoms with Crippen LogP contribution in [0.4, 0.5) is 11.4 Å². The molecule has 172 valence electrons. The van der Waals surface area contributed by atoms with Gasteiger partial charge in [0.15, 0.2) is 0 Å². The summed E-state index contributed by atoms with van der Waals surface area (Å²) in [6, 6.07) is 9.14. The first-order valence-electron chi connectivity index (χ1n) is 9.81. The summed E-state index contributed by atoms with van der Waals surface area (Å²) >= 11 is 0. The Kier molecular flexibility index (Phi) is 5.93. The molecule has 0 atom stereocenters. The minimum Gasteiger partial charge on any atom is -0.379 e. The van der Waals surface area contributed by atoms with Gasteiger partial charge in [-0.05, 0) is 30.3 Å². The van der Waals surface area contributed by atoms with E-state index in [1.807, 2.05) is 0 Å². The zero-order valence-corrected chi connectivity index (χ0v) is 17.9. The lowest BCUT2D eigenvalue weighted by Gasteiger charge is -2.26. The van der Waals surface area contributed by atoms with Crippen LogP contribution in [0.3, 0.4) is 0 Å². The van der Waals surface area contributed by atoms with Crippen LogP contribution in [0.2, 0.25) is 0 Å². The third kappa shape index (κ3) is 4.20. The van der Waals surface area contributed by atoms with Crippen molar-refractivity contribution in [1.29, 1.82) is 0 Å². The molecular formula is C20H18N4O8S.